The summed E-state index contributed by atoms with van der Waals surface area (Å²) >= 11 is 11.8. The smallest absolute Gasteiger partial charge is 0.224 e. The highest BCUT2D eigenvalue weighted by atomic mass is 35.5. The average molecular weight is 393 g/mol. The molecule has 0 unspecified atom stereocenters. The fraction of sp³-hybridized carbons (Fsp3) is 0.300. The number of amides is 2. The lowest BCUT2D eigenvalue weighted by atomic mass is 10.1. The van der Waals surface area contributed by atoms with Gasteiger partial charge in [-0.1, -0.05) is 47.5 Å². The van der Waals surface area contributed by atoms with E-state index in [9.17, 15) is 9.59 Å². The third-order valence-corrected chi connectivity index (χ3v) is 4.47. The van der Waals surface area contributed by atoms with Gasteiger partial charge in [0.1, 0.15) is 0 Å². The maximum absolute atomic E-state index is 12.0. The second kappa shape index (κ2) is 10.2. The Morgan fingerprint density at radius 3 is 2.35 bits per heavy atom. The van der Waals surface area contributed by atoms with Crippen LogP contribution in [0.3, 0.4) is 0 Å². The van der Waals surface area contributed by atoms with E-state index in [2.05, 4.69) is 5.32 Å². The molecule has 1 N–H and O–H groups in total. The molecule has 0 atom stereocenters. The van der Waals surface area contributed by atoms with Gasteiger partial charge in [0, 0.05) is 36.6 Å². The predicted octanol–water partition coefficient (Wildman–Crippen LogP) is 3.74. The SMILES string of the molecule is CC(=O)N(CCNC(=O)Cc1ccc(Cl)cc1)CCc1cccc(Cl)c1. The molecule has 0 aromatic heterocycles. The molecular formula is C20H22Cl2N2O2. The Bertz CT molecular complexity index is 748. The van der Waals surface area contributed by atoms with Crippen molar-refractivity contribution in [3.63, 3.8) is 0 Å². The maximum atomic E-state index is 12.0. The second-order valence-electron chi connectivity index (χ2n) is 6.04. The van der Waals surface area contributed by atoms with Gasteiger partial charge in [-0.15, -0.1) is 0 Å². The van der Waals surface area contributed by atoms with E-state index < -0.39 is 0 Å². The van der Waals surface area contributed by atoms with Gasteiger partial charge in [0.15, 0.2) is 0 Å². The zero-order valence-electron chi connectivity index (χ0n) is 14.7. The first kappa shape index (κ1) is 20.3. The summed E-state index contributed by atoms with van der Waals surface area (Å²) in [6, 6.07) is 14.8. The van der Waals surface area contributed by atoms with E-state index in [1.54, 1.807) is 17.0 Å². The lowest BCUT2D eigenvalue weighted by molar-refractivity contribution is -0.129. The molecule has 0 bridgehead atoms. The average Bonchev–Trinajstić information content (AvgIpc) is 2.59. The second-order valence-corrected chi connectivity index (χ2v) is 6.91. The number of hydrogen-bond acceptors (Lipinski definition) is 2. The van der Waals surface area contributed by atoms with E-state index in [1.165, 1.54) is 6.92 Å². The Morgan fingerprint density at radius 2 is 1.69 bits per heavy atom. The lowest BCUT2D eigenvalue weighted by Crippen LogP contribution is -2.39. The normalized spacial score (nSPS) is 10.4. The Balaban J connectivity index is 1.76. The van der Waals surface area contributed by atoms with Gasteiger partial charge in [0.2, 0.25) is 11.8 Å². The minimum Gasteiger partial charge on any atom is -0.354 e. The Hall–Kier alpha value is -2.04. The number of hydrogen-bond donors (Lipinski definition) is 1. The summed E-state index contributed by atoms with van der Waals surface area (Å²) in [4.78, 5) is 25.5. The van der Waals surface area contributed by atoms with Crippen molar-refractivity contribution in [3.05, 3.63) is 69.7 Å². The standard InChI is InChI=1S/C20H22Cl2N2O2/c1-15(25)24(11-9-16-3-2-4-19(22)13-16)12-10-23-20(26)14-17-5-7-18(21)8-6-17/h2-8,13H,9-12,14H2,1H3,(H,23,26). The molecule has 2 aromatic rings. The molecule has 6 heteroatoms. The zero-order valence-corrected chi connectivity index (χ0v) is 16.2. The van der Waals surface area contributed by atoms with Gasteiger partial charge in [-0.05, 0) is 41.8 Å². The van der Waals surface area contributed by atoms with Crippen molar-refractivity contribution in [2.24, 2.45) is 0 Å². The first-order valence-electron chi connectivity index (χ1n) is 8.45. The summed E-state index contributed by atoms with van der Waals surface area (Å²) in [6.45, 7) is 3.01. The van der Waals surface area contributed by atoms with E-state index in [4.69, 9.17) is 23.2 Å². The molecule has 0 spiro atoms. The van der Waals surface area contributed by atoms with Crippen molar-refractivity contribution in [1.82, 2.24) is 10.2 Å². The Morgan fingerprint density at radius 1 is 0.962 bits per heavy atom. The maximum Gasteiger partial charge on any atom is 0.224 e. The van der Waals surface area contributed by atoms with Crippen LogP contribution < -0.4 is 5.32 Å². The van der Waals surface area contributed by atoms with Crippen molar-refractivity contribution in [2.75, 3.05) is 19.6 Å². The van der Waals surface area contributed by atoms with Crippen LogP contribution >= 0.6 is 23.2 Å². The monoisotopic (exact) mass is 392 g/mol. The zero-order chi connectivity index (χ0) is 18.9. The van der Waals surface area contributed by atoms with Gasteiger partial charge in [-0.2, -0.15) is 0 Å². The minimum absolute atomic E-state index is 0.0148. The number of nitrogens with zero attached hydrogens (tertiary/aromatic N) is 1. The molecule has 0 aliphatic carbocycles. The highest BCUT2D eigenvalue weighted by molar-refractivity contribution is 6.30. The number of carbonyl (C=O) groups excluding carboxylic acids is 2. The summed E-state index contributed by atoms with van der Waals surface area (Å²) in [6.07, 6.45) is 1.01. The van der Waals surface area contributed by atoms with Crippen LogP contribution in [-0.4, -0.2) is 36.3 Å². The van der Waals surface area contributed by atoms with Crippen molar-refractivity contribution in [2.45, 2.75) is 19.8 Å². The predicted molar refractivity (Wildman–Crippen MR) is 106 cm³/mol. The number of rotatable bonds is 8. The molecule has 0 fully saturated rings. The van der Waals surface area contributed by atoms with Crippen molar-refractivity contribution < 1.29 is 9.59 Å². The molecule has 138 valence electrons. The molecule has 2 rings (SSSR count). The molecule has 4 nitrogen and oxygen atoms in total. The van der Waals surface area contributed by atoms with Crippen LogP contribution in [0.4, 0.5) is 0 Å². The molecule has 0 saturated heterocycles. The van der Waals surface area contributed by atoms with Gasteiger partial charge in [-0.3, -0.25) is 9.59 Å². The largest absolute Gasteiger partial charge is 0.354 e. The van der Waals surface area contributed by atoms with Crippen LogP contribution in [0.25, 0.3) is 0 Å². The van der Waals surface area contributed by atoms with E-state index in [0.717, 1.165) is 17.5 Å². The van der Waals surface area contributed by atoms with Crippen molar-refractivity contribution in [1.29, 1.82) is 0 Å². The van der Waals surface area contributed by atoms with E-state index in [-0.39, 0.29) is 11.8 Å². The fourth-order valence-corrected chi connectivity index (χ4v) is 2.90. The number of nitrogens with one attached hydrogen (secondary N) is 1. The quantitative estimate of drug-likeness (QED) is 0.743. The molecule has 0 aliphatic heterocycles. The minimum atomic E-state index is -0.0781. The summed E-state index contributed by atoms with van der Waals surface area (Å²) in [5.74, 6) is -0.0929. The summed E-state index contributed by atoms with van der Waals surface area (Å²) in [5, 5.41) is 4.18. The molecular weight excluding hydrogens is 371 g/mol. The van der Waals surface area contributed by atoms with Crippen LogP contribution in [0.15, 0.2) is 48.5 Å². The fourth-order valence-electron chi connectivity index (χ4n) is 2.56. The third kappa shape index (κ3) is 7.06. The van der Waals surface area contributed by atoms with Crippen LogP contribution in [0.1, 0.15) is 18.1 Å². The number of benzene rings is 2. The summed E-state index contributed by atoms with van der Waals surface area (Å²) < 4.78 is 0. The molecule has 0 saturated carbocycles. The molecule has 0 aliphatic rings. The summed E-state index contributed by atoms with van der Waals surface area (Å²) in [5.41, 5.74) is 1.98. The first-order chi connectivity index (χ1) is 12.4. The molecule has 2 amide bonds. The van der Waals surface area contributed by atoms with Gasteiger partial charge in [0.25, 0.3) is 0 Å². The first-order valence-corrected chi connectivity index (χ1v) is 9.21. The van der Waals surface area contributed by atoms with Gasteiger partial charge in [-0.25, -0.2) is 0 Å². The van der Waals surface area contributed by atoms with Gasteiger partial charge < -0.3 is 10.2 Å². The molecule has 26 heavy (non-hydrogen) atoms. The molecule has 2 aromatic carbocycles. The Kier molecular flexibility index (Phi) is 7.95. The topological polar surface area (TPSA) is 49.4 Å². The highest BCUT2D eigenvalue weighted by Gasteiger charge is 2.10. The van der Waals surface area contributed by atoms with Crippen LogP contribution in [-0.2, 0) is 22.4 Å². The van der Waals surface area contributed by atoms with Crippen LogP contribution in [0, 0.1) is 0 Å². The van der Waals surface area contributed by atoms with E-state index in [1.807, 2.05) is 36.4 Å². The van der Waals surface area contributed by atoms with Crippen LogP contribution in [0.5, 0.6) is 0 Å². The molecule has 0 heterocycles. The Labute approximate surface area is 164 Å². The van der Waals surface area contributed by atoms with E-state index >= 15 is 0 Å². The lowest BCUT2D eigenvalue weighted by Gasteiger charge is -2.21. The van der Waals surface area contributed by atoms with Gasteiger partial charge >= 0.3 is 0 Å². The number of halogens is 2. The van der Waals surface area contributed by atoms with E-state index in [0.29, 0.717) is 36.1 Å². The van der Waals surface area contributed by atoms with Crippen LogP contribution in [0.2, 0.25) is 10.0 Å². The van der Waals surface area contributed by atoms with Crippen molar-refractivity contribution in [3.8, 4) is 0 Å². The highest BCUT2D eigenvalue weighted by Crippen LogP contribution is 2.12. The summed E-state index contributed by atoms with van der Waals surface area (Å²) in [7, 11) is 0. The third-order valence-electron chi connectivity index (χ3n) is 3.99. The molecule has 0 radical (unpaired) electrons. The van der Waals surface area contributed by atoms with Crippen molar-refractivity contribution >= 4 is 35.0 Å². The van der Waals surface area contributed by atoms with Gasteiger partial charge in [0.05, 0.1) is 6.42 Å². The number of carbonyl (C=O) groups is 2.